The van der Waals surface area contributed by atoms with E-state index in [1.165, 1.54) is 0 Å². The first-order valence-electron chi connectivity index (χ1n) is 6.41. The van der Waals surface area contributed by atoms with Crippen molar-refractivity contribution >= 4 is 11.9 Å². The SMILES string of the molecule is N[C@@H](C(=O)N1CCC[C@@H](C(=O)O)C1)c1ccccc1. The van der Waals surface area contributed by atoms with Gasteiger partial charge in [-0.25, -0.2) is 0 Å². The van der Waals surface area contributed by atoms with Gasteiger partial charge in [-0.1, -0.05) is 30.3 Å². The second-order valence-corrected chi connectivity index (χ2v) is 4.85. The van der Waals surface area contributed by atoms with Gasteiger partial charge >= 0.3 is 5.97 Å². The molecule has 2 rings (SSSR count). The van der Waals surface area contributed by atoms with Crippen LogP contribution in [0, 0.1) is 5.92 Å². The molecule has 0 aliphatic carbocycles. The van der Waals surface area contributed by atoms with E-state index in [0.717, 1.165) is 5.56 Å². The number of piperidine rings is 1. The monoisotopic (exact) mass is 262 g/mol. The maximum atomic E-state index is 12.3. The first-order chi connectivity index (χ1) is 9.09. The van der Waals surface area contributed by atoms with E-state index in [-0.39, 0.29) is 12.5 Å². The Morgan fingerprint density at radius 2 is 2.00 bits per heavy atom. The summed E-state index contributed by atoms with van der Waals surface area (Å²) >= 11 is 0. The van der Waals surface area contributed by atoms with Gasteiger partial charge in [0.1, 0.15) is 6.04 Å². The van der Waals surface area contributed by atoms with Crippen LogP contribution in [0.15, 0.2) is 30.3 Å². The summed E-state index contributed by atoms with van der Waals surface area (Å²) < 4.78 is 0. The predicted octanol–water partition coefficient (Wildman–Crippen LogP) is 1.01. The van der Waals surface area contributed by atoms with Crippen LogP contribution in [0.2, 0.25) is 0 Å². The number of carbonyl (C=O) groups excluding carboxylic acids is 1. The molecule has 1 aliphatic heterocycles. The molecular weight excluding hydrogens is 244 g/mol. The first-order valence-corrected chi connectivity index (χ1v) is 6.41. The molecule has 1 fully saturated rings. The van der Waals surface area contributed by atoms with Crippen molar-refractivity contribution in [2.24, 2.45) is 11.7 Å². The third-order valence-electron chi connectivity index (χ3n) is 3.51. The van der Waals surface area contributed by atoms with E-state index in [2.05, 4.69) is 0 Å². The fourth-order valence-corrected chi connectivity index (χ4v) is 2.38. The molecule has 1 amide bonds. The van der Waals surface area contributed by atoms with Crippen LogP contribution in [0.4, 0.5) is 0 Å². The molecule has 0 unspecified atom stereocenters. The number of aliphatic carboxylic acids is 1. The molecule has 0 bridgehead atoms. The smallest absolute Gasteiger partial charge is 0.308 e. The van der Waals surface area contributed by atoms with Crippen molar-refractivity contribution in [1.29, 1.82) is 0 Å². The molecule has 1 aromatic carbocycles. The number of amides is 1. The highest BCUT2D eigenvalue weighted by atomic mass is 16.4. The molecule has 102 valence electrons. The summed E-state index contributed by atoms with van der Waals surface area (Å²) in [7, 11) is 0. The molecule has 1 aliphatic rings. The Kier molecular flexibility index (Phi) is 4.16. The number of nitrogens with zero attached hydrogens (tertiary/aromatic N) is 1. The molecule has 19 heavy (non-hydrogen) atoms. The van der Waals surface area contributed by atoms with Crippen LogP contribution in [-0.2, 0) is 9.59 Å². The van der Waals surface area contributed by atoms with Gasteiger partial charge in [0, 0.05) is 13.1 Å². The zero-order chi connectivity index (χ0) is 13.8. The Hall–Kier alpha value is -1.88. The second-order valence-electron chi connectivity index (χ2n) is 4.85. The Balaban J connectivity index is 2.05. The molecular formula is C14H18N2O3. The minimum atomic E-state index is -0.842. The van der Waals surface area contributed by atoms with E-state index in [1.807, 2.05) is 18.2 Å². The number of nitrogens with two attached hydrogens (primary N) is 1. The highest BCUT2D eigenvalue weighted by Crippen LogP contribution is 2.20. The summed E-state index contributed by atoms with van der Waals surface area (Å²) in [5.41, 5.74) is 6.71. The Morgan fingerprint density at radius 1 is 1.32 bits per heavy atom. The number of likely N-dealkylation sites (tertiary alicyclic amines) is 1. The molecule has 5 nitrogen and oxygen atoms in total. The zero-order valence-electron chi connectivity index (χ0n) is 10.7. The number of carboxylic acids is 1. The van der Waals surface area contributed by atoms with Crippen LogP contribution < -0.4 is 5.73 Å². The maximum Gasteiger partial charge on any atom is 0.308 e. The van der Waals surface area contributed by atoms with Gasteiger partial charge in [0.2, 0.25) is 5.91 Å². The molecule has 1 aromatic rings. The van der Waals surface area contributed by atoms with Gasteiger partial charge in [-0.3, -0.25) is 9.59 Å². The topological polar surface area (TPSA) is 83.6 Å². The largest absolute Gasteiger partial charge is 0.481 e. The summed E-state index contributed by atoms with van der Waals surface area (Å²) in [4.78, 5) is 24.8. The summed E-state index contributed by atoms with van der Waals surface area (Å²) in [6, 6.07) is 8.43. The van der Waals surface area contributed by atoms with Crippen LogP contribution in [-0.4, -0.2) is 35.0 Å². The van der Waals surface area contributed by atoms with Crippen molar-refractivity contribution in [1.82, 2.24) is 4.90 Å². The summed E-state index contributed by atoms with van der Waals surface area (Å²) in [6.07, 6.45) is 1.34. The molecule has 2 atom stereocenters. The fourth-order valence-electron chi connectivity index (χ4n) is 2.38. The van der Waals surface area contributed by atoms with Crippen LogP contribution in [0.25, 0.3) is 0 Å². The lowest BCUT2D eigenvalue weighted by molar-refractivity contribution is -0.146. The number of carbonyl (C=O) groups is 2. The average molecular weight is 262 g/mol. The lowest BCUT2D eigenvalue weighted by Gasteiger charge is -2.32. The summed E-state index contributed by atoms with van der Waals surface area (Å²) in [5, 5.41) is 9.02. The number of rotatable bonds is 3. The Morgan fingerprint density at radius 3 is 2.63 bits per heavy atom. The zero-order valence-corrected chi connectivity index (χ0v) is 10.7. The minimum Gasteiger partial charge on any atom is -0.481 e. The standard InChI is InChI=1S/C14H18N2O3/c15-12(10-5-2-1-3-6-10)13(17)16-8-4-7-11(9-16)14(18)19/h1-3,5-6,11-12H,4,7-9,15H2,(H,18,19)/t11-,12-/m1/s1. The van der Waals surface area contributed by atoms with E-state index in [0.29, 0.717) is 19.4 Å². The van der Waals surface area contributed by atoms with E-state index in [9.17, 15) is 9.59 Å². The summed E-state index contributed by atoms with van der Waals surface area (Å²) in [5.74, 6) is -1.51. The van der Waals surface area contributed by atoms with Crippen molar-refractivity contribution in [2.45, 2.75) is 18.9 Å². The highest BCUT2D eigenvalue weighted by molar-refractivity contribution is 5.84. The van der Waals surface area contributed by atoms with Crippen LogP contribution in [0.5, 0.6) is 0 Å². The number of hydrogen-bond acceptors (Lipinski definition) is 3. The molecule has 0 spiro atoms. The number of benzene rings is 1. The molecule has 1 heterocycles. The van der Waals surface area contributed by atoms with Crippen molar-refractivity contribution in [3.8, 4) is 0 Å². The van der Waals surface area contributed by atoms with Gasteiger partial charge in [-0.05, 0) is 18.4 Å². The third-order valence-corrected chi connectivity index (χ3v) is 3.51. The van der Waals surface area contributed by atoms with Gasteiger partial charge in [-0.2, -0.15) is 0 Å². The normalized spacial score (nSPS) is 20.9. The van der Waals surface area contributed by atoms with Crippen molar-refractivity contribution < 1.29 is 14.7 Å². The van der Waals surface area contributed by atoms with Gasteiger partial charge < -0.3 is 15.7 Å². The van der Waals surface area contributed by atoms with Crippen molar-refractivity contribution in [3.63, 3.8) is 0 Å². The first kappa shape index (κ1) is 13.5. The van der Waals surface area contributed by atoms with Crippen LogP contribution in [0.1, 0.15) is 24.4 Å². The highest BCUT2D eigenvalue weighted by Gasteiger charge is 2.30. The molecule has 5 heteroatoms. The summed E-state index contributed by atoms with van der Waals surface area (Å²) in [6.45, 7) is 0.845. The third kappa shape index (κ3) is 3.12. The number of carboxylic acid groups (broad SMARTS) is 1. The molecule has 0 saturated carbocycles. The van der Waals surface area contributed by atoms with E-state index in [4.69, 9.17) is 10.8 Å². The van der Waals surface area contributed by atoms with Crippen molar-refractivity contribution in [2.75, 3.05) is 13.1 Å². The van der Waals surface area contributed by atoms with Crippen LogP contribution >= 0.6 is 0 Å². The Bertz CT molecular complexity index is 461. The average Bonchev–Trinajstić information content (AvgIpc) is 2.46. The molecule has 1 saturated heterocycles. The van der Waals surface area contributed by atoms with E-state index < -0.39 is 17.9 Å². The van der Waals surface area contributed by atoms with Gasteiger partial charge in [0.05, 0.1) is 5.92 Å². The van der Waals surface area contributed by atoms with E-state index in [1.54, 1.807) is 17.0 Å². The number of hydrogen-bond donors (Lipinski definition) is 2. The van der Waals surface area contributed by atoms with Gasteiger partial charge in [0.25, 0.3) is 0 Å². The molecule has 0 radical (unpaired) electrons. The quantitative estimate of drug-likeness (QED) is 0.851. The lowest BCUT2D eigenvalue weighted by atomic mass is 9.97. The van der Waals surface area contributed by atoms with E-state index >= 15 is 0 Å². The fraction of sp³-hybridized carbons (Fsp3) is 0.429. The Labute approximate surface area is 112 Å². The predicted molar refractivity (Wildman–Crippen MR) is 70.3 cm³/mol. The van der Waals surface area contributed by atoms with Crippen LogP contribution in [0.3, 0.4) is 0 Å². The van der Waals surface area contributed by atoms with Crippen molar-refractivity contribution in [3.05, 3.63) is 35.9 Å². The van der Waals surface area contributed by atoms with Gasteiger partial charge in [0.15, 0.2) is 0 Å². The molecule has 3 N–H and O–H groups in total. The van der Waals surface area contributed by atoms with Gasteiger partial charge in [-0.15, -0.1) is 0 Å². The second kappa shape index (κ2) is 5.84. The minimum absolute atomic E-state index is 0.197. The lowest BCUT2D eigenvalue weighted by Crippen LogP contribution is -2.46. The maximum absolute atomic E-state index is 12.3. The molecule has 0 aromatic heterocycles.